The summed E-state index contributed by atoms with van der Waals surface area (Å²) in [5.74, 6) is 2.80. The van der Waals surface area contributed by atoms with E-state index >= 15 is 0 Å². The van der Waals surface area contributed by atoms with Crippen LogP contribution in [0.5, 0.6) is 5.75 Å². The Balaban J connectivity index is 0.00000208. The molecule has 0 aliphatic carbocycles. The van der Waals surface area contributed by atoms with Crippen LogP contribution >= 0.6 is 35.6 Å². The first-order chi connectivity index (χ1) is 11.2. The van der Waals surface area contributed by atoms with Gasteiger partial charge in [-0.1, -0.05) is 11.6 Å². The smallest absolute Gasteiger partial charge is 0.193 e. The van der Waals surface area contributed by atoms with E-state index in [9.17, 15) is 0 Å². The number of fused-ring (bicyclic) bond motifs is 1. The first-order valence-corrected chi connectivity index (χ1v) is 7.86. The summed E-state index contributed by atoms with van der Waals surface area (Å²) in [4.78, 5) is 4.33. The van der Waals surface area contributed by atoms with E-state index < -0.39 is 0 Å². The van der Waals surface area contributed by atoms with Crippen molar-refractivity contribution in [2.45, 2.75) is 32.4 Å². The molecule has 9 heteroatoms. The molecule has 0 bridgehead atoms. The van der Waals surface area contributed by atoms with E-state index in [-0.39, 0.29) is 24.0 Å². The zero-order chi connectivity index (χ0) is 16.2. The third-order valence-corrected chi connectivity index (χ3v) is 4.05. The molecule has 2 aromatic rings. The lowest BCUT2D eigenvalue weighted by molar-refractivity contribution is 0.415. The second-order valence-corrected chi connectivity index (χ2v) is 5.72. The number of hydrogen-bond donors (Lipinski definition) is 2. The van der Waals surface area contributed by atoms with Gasteiger partial charge >= 0.3 is 0 Å². The van der Waals surface area contributed by atoms with Gasteiger partial charge in [-0.3, -0.25) is 0 Å². The molecule has 130 valence electrons. The van der Waals surface area contributed by atoms with Crippen molar-refractivity contribution in [2.24, 2.45) is 10.7 Å². The summed E-state index contributed by atoms with van der Waals surface area (Å²) in [6, 6.07) is 5.33. The zero-order valence-corrected chi connectivity index (χ0v) is 16.4. The third kappa shape index (κ3) is 4.29. The molecule has 0 unspecified atom stereocenters. The molecule has 0 fully saturated rings. The summed E-state index contributed by atoms with van der Waals surface area (Å²) in [6.07, 6.45) is 3.30. The summed E-state index contributed by atoms with van der Waals surface area (Å²) in [6.45, 7) is 1.35. The largest absolute Gasteiger partial charge is 0.495 e. The van der Waals surface area contributed by atoms with Crippen LogP contribution in [0.2, 0.25) is 5.02 Å². The van der Waals surface area contributed by atoms with Crippen molar-refractivity contribution in [2.75, 3.05) is 12.4 Å². The lowest BCUT2D eigenvalue weighted by Crippen LogP contribution is -2.23. The number of rotatable bonds is 4. The van der Waals surface area contributed by atoms with Gasteiger partial charge in [-0.15, -0.1) is 34.2 Å². The van der Waals surface area contributed by atoms with Crippen LogP contribution in [-0.4, -0.2) is 27.8 Å². The Morgan fingerprint density at radius 3 is 3.00 bits per heavy atom. The van der Waals surface area contributed by atoms with Crippen LogP contribution in [-0.2, 0) is 19.5 Å². The second-order valence-electron chi connectivity index (χ2n) is 5.32. The normalized spacial score (nSPS) is 13.8. The predicted molar refractivity (Wildman–Crippen MR) is 105 cm³/mol. The predicted octanol–water partition coefficient (Wildman–Crippen LogP) is 2.82. The van der Waals surface area contributed by atoms with Crippen molar-refractivity contribution in [1.29, 1.82) is 0 Å². The quantitative estimate of drug-likeness (QED) is 0.414. The lowest BCUT2D eigenvalue weighted by Gasteiger charge is -2.14. The minimum Gasteiger partial charge on any atom is -0.495 e. The Hall–Kier alpha value is -1.55. The number of anilines is 1. The van der Waals surface area contributed by atoms with E-state index in [2.05, 4.69) is 25.1 Å². The van der Waals surface area contributed by atoms with Gasteiger partial charge in [0.15, 0.2) is 11.8 Å². The molecule has 1 aromatic carbocycles. The number of halogens is 2. The van der Waals surface area contributed by atoms with Crippen LogP contribution in [0.4, 0.5) is 5.69 Å². The number of aryl methyl sites for hydroxylation is 1. The van der Waals surface area contributed by atoms with Crippen LogP contribution < -0.4 is 15.8 Å². The van der Waals surface area contributed by atoms with E-state index in [0.29, 0.717) is 23.3 Å². The van der Waals surface area contributed by atoms with Gasteiger partial charge in [-0.2, -0.15) is 0 Å². The SMILES string of the molecule is COc1ccc(NC(N)=NCc2nnc3n2CCCC3)cc1Cl.I. The number of aromatic nitrogens is 3. The molecule has 3 rings (SSSR count). The number of benzene rings is 1. The highest BCUT2D eigenvalue weighted by Gasteiger charge is 2.15. The van der Waals surface area contributed by atoms with Crippen LogP contribution in [0, 0.1) is 0 Å². The summed E-state index contributed by atoms with van der Waals surface area (Å²) >= 11 is 6.08. The van der Waals surface area contributed by atoms with Crippen LogP contribution in [0.1, 0.15) is 24.5 Å². The molecule has 1 aromatic heterocycles. The van der Waals surface area contributed by atoms with Gasteiger partial charge in [0.05, 0.1) is 12.1 Å². The molecule has 1 aliphatic rings. The highest BCUT2D eigenvalue weighted by molar-refractivity contribution is 14.0. The third-order valence-electron chi connectivity index (χ3n) is 3.75. The van der Waals surface area contributed by atoms with Crippen molar-refractivity contribution >= 4 is 47.2 Å². The van der Waals surface area contributed by atoms with Gasteiger partial charge in [-0.05, 0) is 31.0 Å². The Labute approximate surface area is 162 Å². The Morgan fingerprint density at radius 2 is 2.25 bits per heavy atom. The Morgan fingerprint density at radius 1 is 1.42 bits per heavy atom. The molecule has 24 heavy (non-hydrogen) atoms. The average molecular weight is 463 g/mol. The number of nitrogens with zero attached hydrogens (tertiary/aromatic N) is 4. The van der Waals surface area contributed by atoms with E-state index in [0.717, 1.165) is 36.7 Å². The fourth-order valence-corrected chi connectivity index (χ4v) is 2.83. The van der Waals surface area contributed by atoms with E-state index in [1.807, 2.05) is 6.07 Å². The fraction of sp³-hybridized carbons (Fsp3) is 0.400. The molecule has 0 radical (unpaired) electrons. The van der Waals surface area contributed by atoms with Gasteiger partial charge < -0.3 is 20.4 Å². The number of methoxy groups -OCH3 is 1. The topological polar surface area (TPSA) is 90.3 Å². The summed E-state index contributed by atoms with van der Waals surface area (Å²) < 4.78 is 7.24. The highest BCUT2D eigenvalue weighted by Crippen LogP contribution is 2.27. The first kappa shape index (κ1) is 18.8. The zero-order valence-electron chi connectivity index (χ0n) is 13.3. The van der Waals surface area contributed by atoms with E-state index in [1.165, 1.54) is 6.42 Å². The number of nitrogens with one attached hydrogen (secondary N) is 1. The van der Waals surface area contributed by atoms with Crippen molar-refractivity contribution in [3.8, 4) is 5.75 Å². The maximum absolute atomic E-state index is 6.08. The molecule has 0 atom stereocenters. The standard InChI is InChI=1S/C15H19ClN6O.HI/c1-23-12-6-5-10(8-11(12)16)19-15(17)18-9-14-21-20-13-4-2-3-7-22(13)14;/h5-6,8H,2-4,7,9H2,1H3,(H3,17,18,19);1H. The molecule has 3 N–H and O–H groups in total. The second kappa shape index (κ2) is 8.52. The van der Waals surface area contributed by atoms with Crippen molar-refractivity contribution in [3.63, 3.8) is 0 Å². The summed E-state index contributed by atoms with van der Waals surface area (Å²) in [7, 11) is 1.57. The average Bonchev–Trinajstić information content (AvgIpc) is 2.96. The Kier molecular flexibility index (Phi) is 6.67. The molecule has 1 aliphatic heterocycles. The van der Waals surface area contributed by atoms with Crippen molar-refractivity contribution in [1.82, 2.24) is 14.8 Å². The van der Waals surface area contributed by atoms with Gasteiger partial charge in [0.2, 0.25) is 0 Å². The van der Waals surface area contributed by atoms with Gasteiger partial charge in [0.25, 0.3) is 0 Å². The molecule has 0 saturated heterocycles. The molecule has 0 saturated carbocycles. The molecule has 0 spiro atoms. The number of ether oxygens (including phenoxy) is 1. The number of aliphatic imine (C=N–C) groups is 1. The highest BCUT2D eigenvalue weighted by atomic mass is 127. The van der Waals surface area contributed by atoms with Crippen LogP contribution in [0.25, 0.3) is 0 Å². The fourth-order valence-electron chi connectivity index (χ4n) is 2.57. The van der Waals surface area contributed by atoms with Crippen molar-refractivity contribution in [3.05, 3.63) is 34.9 Å². The lowest BCUT2D eigenvalue weighted by atomic mass is 10.2. The maximum Gasteiger partial charge on any atom is 0.193 e. The first-order valence-electron chi connectivity index (χ1n) is 7.49. The molecule has 2 heterocycles. The number of nitrogens with two attached hydrogens (primary N) is 1. The van der Waals surface area contributed by atoms with E-state index in [1.54, 1.807) is 19.2 Å². The van der Waals surface area contributed by atoms with Gasteiger partial charge in [0.1, 0.15) is 18.1 Å². The Bertz CT molecular complexity index is 733. The minimum absolute atomic E-state index is 0. The minimum atomic E-state index is 0. The monoisotopic (exact) mass is 462 g/mol. The number of hydrogen-bond acceptors (Lipinski definition) is 4. The molecule has 7 nitrogen and oxygen atoms in total. The van der Waals surface area contributed by atoms with Crippen molar-refractivity contribution < 1.29 is 4.74 Å². The van der Waals surface area contributed by atoms with Crippen LogP contribution in [0.3, 0.4) is 0 Å². The van der Waals surface area contributed by atoms with Crippen LogP contribution in [0.15, 0.2) is 23.2 Å². The summed E-state index contributed by atoms with van der Waals surface area (Å²) in [5.41, 5.74) is 6.68. The van der Waals surface area contributed by atoms with Gasteiger partial charge in [0, 0.05) is 18.7 Å². The van der Waals surface area contributed by atoms with E-state index in [4.69, 9.17) is 22.1 Å². The molecule has 0 amide bonds. The van der Waals surface area contributed by atoms with Gasteiger partial charge in [-0.25, -0.2) is 4.99 Å². The number of guanidine groups is 1. The summed E-state index contributed by atoms with van der Waals surface area (Å²) in [5, 5.41) is 11.9. The maximum atomic E-state index is 6.08. The molecular weight excluding hydrogens is 443 g/mol. The molecular formula is C15H20ClIN6O.